The molecule has 0 atom stereocenters. The number of hydrogen-bond acceptors (Lipinski definition) is 6. The van der Waals surface area contributed by atoms with Gasteiger partial charge in [-0.15, -0.1) is 0 Å². The van der Waals surface area contributed by atoms with E-state index in [4.69, 9.17) is 0 Å². The van der Waals surface area contributed by atoms with Crippen molar-refractivity contribution in [2.75, 3.05) is 0 Å². The lowest BCUT2D eigenvalue weighted by Gasteiger charge is -2.25. The Morgan fingerprint density at radius 3 is 1.00 bits per heavy atom. The SMILES string of the molecule is O=S(=O)(c1ccccc1)c1ccc2c(c1)[SH](=O)(c1ccccc1)c1cc3c(cc1-2)-c1ccc(S(=O)(=O)c2ccccc2)cc1[SH]3(=O)c1ccccc1. The molecule has 0 unspecified atom stereocenters. The molecule has 2 aliphatic heterocycles. The number of thiol groups is 2. The molecule has 0 saturated heterocycles. The topological polar surface area (TPSA) is 102 Å². The van der Waals surface area contributed by atoms with E-state index in [-0.39, 0.29) is 19.6 Å². The van der Waals surface area contributed by atoms with Crippen LogP contribution in [0.5, 0.6) is 0 Å². The van der Waals surface area contributed by atoms with Gasteiger partial charge >= 0.3 is 0 Å². The summed E-state index contributed by atoms with van der Waals surface area (Å²) in [4.78, 5) is 3.08. The second kappa shape index (κ2) is 11.6. The lowest BCUT2D eigenvalue weighted by molar-refractivity contribution is 0.594. The van der Waals surface area contributed by atoms with Gasteiger partial charge in [-0.3, -0.25) is 8.42 Å². The van der Waals surface area contributed by atoms with Crippen molar-refractivity contribution < 1.29 is 25.3 Å². The van der Waals surface area contributed by atoms with Gasteiger partial charge in [-0.1, -0.05) is 84.9 Å². The molecule has 0 aromatic heterocycles. The van der Waals surface area contributed by atoms with Crippen LogP contribution in [-0.4, -0.2) is 25.3 Å². The third-order valence-electron chi connectivity index (χ3n) is 9.96. The molecule has 9 rings (SSSR count). The van der Waals surface area contributed by atoms with Crippen molar-refractivity contribution in [3.05, 3.63) is 170 Å². The van der Waals surface area contributed by atoms with E-state index in [1.54, 1.807) is 115 Å². The minimum atomic E-state index is -3.94. The smallest absolute Gasteiger partial charge is 0.206 e. The monoisotopic (exact) mass is 758 g/mol. The number of fused-ring (bicyclic) bond motifs is 6. The zero-order chi connectivity index (χ0) is 35.9. The highest BCUT2D eigenvalue weighted by atomic mass is 32.2. The molecule has 7 aromatic carbocycles. The summed E-state index contributed by atoms with van der Waals surface area (Å²) in [5.74, 6) is 0. The molecule has 2 heterocycles. The summed E-state index contributed by atoms with van der Waals surface area (Å²) in [5.41, 5.74) is 2.56. The molecule has 52 heavy (non-hydrogen) atoms. The number of benzene rings is 7. The lowest BCUT2D eigenvalue weighted by Crippen LogP contribution is -2.14. The van der Waals surface area contributed by atoms with Crippen LogP contribution >= 0.6 is 0 Å². The Hall–Kier alpha value is -5.26. The van der Waals surface area contributed by atoms with Crippen molar-refractivity contribution in [1.29, 1.82) is 0 Å². The average molecular weight is 759 g/mol. The Balaban J connectivity index is 1.31. The third-order valence-corrected chi connectivity index (χ3v) is 19.7. The summed E-state index contributed by atoms with van der Waals surface area (Å²) in [6.45, 7) is 0. The Morgan fingerprint density at radius 1 is 0.308 bits per heavy atom. The van der Waals surface area contributed by atoms with Crippen molar-refractivity contribution in [1.82, 2.24) is 0 Å². The summed E-state index contributed by atoms with van der Waals surface area (Å²) < 4.78 is 87.0. The zero-order valence-electron chi connectivity index (χ0n) is 27.3. The van der Waals surface area contributed by atoms with Gasteiger partial charge < -0.3 is 0 Å². The van der Waals surface area contributed by atoms with Crippen LogP contribution in [0.1, 0.15) is 0 Å². The van der Waals surface area contributed by atoms with Crippen LogP contribution in [0.2, 0.25) is 0 Å². The van der Waals surface area contributed by atoms with Crippen LogP contribution in [0.3, 0.4) is 0 Å². The maximum Gasteiger partial charge on any atom is 0.206 e. The first-order valence-corrected chi connectivity index (χ1v) is 22.8. The van der Waals surface area contributed by atoms with E-state index >= 15 is 8.42 Å². The molecule has 6 nitrogen and oxygen atoms in total. The maximum absolute atomic E-state index is 15.9. The molecule has 0 spiro atoms. The first-order valence-electron chi connectivity index (χ1n) is 16.5. The Bertz CT molecular complexity index is 2710. The van der Waals surface area contributed by atoms with Crippen LogP contribution in [0, 0.1) is 0 Å². The van der Waals surface area contributed by atoms with Gasteiger partial charge in [0, 0.05) is 29.4 Å². The molecule has 0 N–H and O–H groups in total. The van der Waals surface area contributed by atoms with Gasteiger partial charge in [-0.25, -0.2) is 16.8 Å². The van der Waals surface area contributed by atoms with Gasteiger partial charge in [0.15, 0.2) is 0 Å². The van der Waals surface area contributed by atoms with Crippen LogP contribution in [-0.2, 0) is 39.5 Å². The summed E-state index contributed by atoms with van der Waals surface area (Å²) in [7, 11) is -15.3. The number of sulfone groups is 2. The molecule has 2 aliphatic rings. The standard InChI is InChI=1S/C42H30O6S4/c43-49(29-13-5-1-6-14-29)39-25-33(51(45,46)31-17-9-3-10-18-31)21-23-35(39)37-27-38-36-24-22-34(52(47,48)32-19-11-4-12-20-32)26-40(36)50(44,42(38)28-41(37)49)30-15-7-2-8-16-30/h1-28,49-50H. The first-order chi connectivity index (χ1) is 25.1. The number of rotatable bonds is 6. The van der Waals surface area contributed by atoms with Gasteiger partial charge in [0.2, 0.25) is 19.7 Å². The van der Waals surface area contributed by atoms with E-state index in [2.05, 4.69) is 0 Å². The molecular formula is C42H30O6S4. The van der Waals surface area contributed by atoms with Gasteiger partial charge in [-0.05, 0) is 127 Å². The summed E-state index contributed by atoms with van der Waals surface area (Å²) in [5, 5.41) is 0. The minimum absolute atomic E-state index is 0.0291. The van der Waals surface area contributed by atoms with Crippen LogP contribution < -0.4 is 0 Å². The fourth-order valence-corrected chi connectivity index (χ4v) is 16.5. The van der Waals surface area contributed by atoms with Gasteiger partial charge in [0.1, 0.15) is 0 Å². The van der Waals surface area contributed by atoms with Crippen molar-refractivity contribution in [3.8, 4) is 22.3 Å². The van der Waals surface area contributed by atoms with Crippen LogP contribution in [0.25, 0.3) is 22.3 Å². The molecule has 0 amide bonds. The fourth-order valence-electron chi connectivity index (χ4n) is 7.43. The van der Waals surface area contributed by atoms with E-state index in [0.29, 0.717) is 51.6 Å². The molecule has 0 fully saturated rings. The lowest BCUT2D eigenvalue weighted by atomic mass is 9.99. The predicted octanol–water partition coefficient (Wildman–Crippen LogP) is 8.30. The van der Waals surface area contributed by atoms with Crippen LogP contribution in [0.4, 0.5) is 0 Å². The average Bonchev–Trinajstić information content (AvgIpc) is 3.60. The summed E-state index contributed by atoms with van der Waals surface area (Å²) >= 11 is 0. The molecule has 7 aromatic rings. The molecule has 0 bridgehead atoms. The molecule has 10 heteroatoms. The first kappa shape index (κ1) is 32.6. The normalized spacial score (nSPS) is 16.2. The Labute approximate surface area is 304 Å². The predicted molar refractivity (Wildman–Crippen MR) is 203 cm³/mol. The highest BCUT2D eigenvalue weighted by Crippen LogP contribution is 2.59. The summed E-state index contributed by atoms with van der Waals surface area (Å²) in [6.07, 6.45) is 0. The van der Waals surface area contributed by atoms with E-state index in [1.165, 1.54) is 36.4 Å². The minimum Gasteiger partial charge on any atom is -0.271 e. The molecule has 0 radical (unpaired) electrons. The van der Waals surface area contributed by atoms with E-state index in [9.17, 15) is 16.8 Å². The van der Waals surface area contributed by atoms with E-state index in [0.717, 1.165) is 0 Å². The quantitative estimate of drug-likeness (QED) is 0.166. The molecule has 0 aliphatic carbocycles. The Morgan fingerprint density at radius 2 is 0.635 bits per heavy atom. The maximum atomic E-state index is 15.9. The van der Waals surface area contributed by atoms with Crippen molar-refractivity contribution >= 4 is 39.5 Å². The van der Waals surface area contributed by atoms with Crippen molar-refractivity contribution in [3.63, 3.8) is 0 Å². The van der Waals surface area contributed by atoms with Crippen LogP contribution in [0.15, 0.2) is 219 Å². The summed E-state index contributed by atoms with van der Waals surface area (Å²) in [6, 6.07) is 47.4. The van der Waals surface area contributed by atoms with Crippen molar-refractivity contribution in [2.24, 2.45) is 0 Å². The second-order valence-electron chi connectivity index (χ2n) is 12.8. The highest BCUT2D eigenvalue weighted by molar-refractivity contribution is 8.04. The largest absolute Gasteiger partial charge is 0.271 e. The second-order valence-corrected chi connectivity index (χ2v) is 22.1. The van der Waals surface area contributed by atoms with Gasteiger partial charge in [0.05, 0.1) is 19.6 Å². The Kier molecular flexibility index (Phi) is 7.30. The molecular weight excluding hydrogens is 729 g/mol. The fraction of sp³-hybridized carbons (Fsp3) is 0. The molecule has 258 valence electrons. The van der Waals surface area contributed by atoms with Crippen molar-refractivity contribution in [2.45, 2.75) is 49.0 Å². The molecule has 0 saturated carbocycles. The third kappa shape index (κ3) is 4.58. The number of hydrogen-bond donors (Lipinski definition) is 2. The highest BCUT2D eigenvalue weighted by Gasteiger charge is 2.43. The van der Waals surface area contributed by atoms with E-state index in [1.807, 2.05) is 18.2 Å². The van der Waals surface area contributed by atoms with Gasteiger partial charge in [-0.2, -0.15) is 0 Å². The van der Waals surface area contributed by atoms with E-state index < -0.39 is 39.5 Å². The zero-order valence-corrected chi connectivity index (χ0v) is 30.7. The van der Waals surface area contributed by atoms with Gasteiger partial charge in [0.25, 0.3) is 0 Å².